The molecular formula is C17H19F3N4O. The van der Waals surface area contributed by atoms with Gasteiger partial charge in [-0.15, -0.1) is 0 Å². The summed E-state index contributed by atoms with van der Waals surface area (Å²) in [5, 5.41) is 5.37. The van der Waals surface area contributed by atoms with Gasteiger partial charge >= 0.3 is 6.18 Å². The van der Waals surface area contributed by atoms with Gasteiger partial charge in [0.15, 0.2) is 0 Å². The molecule has 1 amide bonds. The lowest BCUT2D eigenvalue weighted by atomic mass is 10.1. The molecule has 0 aliphatic heterocycles. The Balaban J connectivity index is 2.05. The Bertz CT molecular complexity index is 715. The van der Waals surface area contributed by atoms with Crippen molar-refractivity contribution in [2.24, 2.45) is 0 Å². The number of benzene rings is 1. The van der Waals surface area contributed by atoms with Crippen molar-refractivity contribution in [2.45, 2.75) is 6.18 Å². The average Bonchev–Trinajstić information content (AvgIpc) is 2.54. The summed E-state index contributed by atoms with van der Waals surface area (Å²) in [6, 6.07) is 7.96. The van der Waals surface area contributed by atoms with Gasteiger partial charge in [-0.05, 0) is 38.4 Å². The molecule has 0 spiro atoms. The number of pyridine rings is 1. The lowest BCUT2D eigenvalue weighted by Gasteiger charge is -2.14. The van der Waals surface area contributed by atoms with Crippen LogP contribution in [0.25, 0.3) is 0 Å². The summed E-state index contributed by atoms with van der Waals surface area (Å²) in [6.45, 7) is 1.50. The van der Waals surface area contributed by atoms with Crippen LogP contribution in [0, 0.1) is 0 Å². The Morgan fingerprint density at radius 3 is 2.48 bits per heavy atom. The average molecular weight is 352 g/mol. The monoisotopic (exact) mass is 352 g/mol. The normalized spacial score (nSPS) is 11.4. The van der Waals surface area contributed by atoms with Crippen LogP contribution in [0.15, 0.2) is 42.6 Å². The Kier molecular flexibility index (Phi) is 5.97. The van der Waals surface area contributed by atoms with Crippen LogP contribution in [0.1, 0.15) is 15.9 Å². The molecule has 0 saturated carbocycles. The van der Waals surface area contributed by atoms with Crippen molar-refractivity contribution in [1.29, 1.82) is 0 Å². The second kappa shape index (κ2) is 7.98. The number of amides is 1. The van der Waals surface area contributed by atoms with Crippen molar-refractivity contribution in [3.63, 3.8) is 0 Å². The van der Waals surface area contributed by atoms with Crippen LogP contribution in [-0.4, -0.2) is 43.0 Å². The third-order valence-electron chi connectivity index (χ3n) is 3.37. The maximum Gasteiger partial charge on any atom is 0.418 e. The topological polar surface area (TPSA) is 57.3 Å². The highest BCUT2D eigenvalue weighted by atomic mass is 19.4. The minimum absolute atomic E-state index is 0.176. The van der Waals surface area contributed by atoms with Gasteiger partial charge in [0.1, 0.15) is 5.82 Å². The molecule has 1 aromatic heterocycles. The summed E-state index contributed by atoms with van der Waals surface area (Å²) in [5.41, 5.74) is -0.999. The first-order valence-electron chi connectivity index (χ1n) is 7.59. The van der Waals surface area contributed by atoms with Crippen LogP contribution in [0.5, 0.6) is 0 Å². The molecule has 2 rings (SSSR count). The number of hydrogen-bond acceptors (Lipinski definition) is 4. The number of hydrogen-bond donors (Lipinski definition) is 2. The second-order valence-electron chi connectivity index (χ2n) is 5.66. The van der Waals surface area contributed by atoms with Gasteiger partial charge in [-0.25, -0.2) is 4.98 Å². The molecular weight excluding hydrogens is 333 g/mol. The number of likely N-dealkylation sites (N-methyl/N-ethyl adjacent to an activating group) is 1. The van der Waals surface area contributed by atoms with Gasteiger partial charge in [0.05, 0.1) is 16.8 Å². The molecule has 25 heavy (non-hydrogen) atoms. The molecule has 1 aromatic carbocycles. The standard InChI is InChI=1S/C17H19F3N4O/c1-24(2)10-9-21-15-8-7-12(11-22-15)16(25)23-14-6-4-3-5-13(14)17(18,19)20/h3-8,11H,9-10H2,1-2H3,(H,21,22)(H,23,25). The van der Waals surface area contributed by atoms with E-state index < -0.39 is 17.6 Å². The summed E-state index contributed by atoms with van der Waals surface area (Å²) >= 11 is 0. The zero-order valence-electron chi connectivity index (χ0n) is 13.9. The number of carbonyl (C=O) groups is 1. The van der Waals surface area contributed by atoms with Gasteiger partial charge in [0.2, 0.25) is 0 Å². The van der Waals surface area contributed by atoms with Crippen LogP contribution >= 0.6 is 0 Å². The molecule has 0 bridgehead atoms. The highest BCUT2D eigenvalue weighted by molar-refractivity contribution is 6.04. The molecule has 0 radical (unpaired) electrons. The van der Waals surface area contributed by atoms with E-state index in [4.69, 9.17) is 0 Å². The van der Waals surface area contributed by atoms with Crippen molar-refractivity contribution < 1.29 is 18.0 Å². The number of alkyl halides is 3. The first kappa shape index (κ1) is 18.7. The number of aromatic nitrogens is 1. The number of para-hydroxylation sites is 1. The third-order valence-corrected chi connectivity index (χ3v) is 3.37. The van der Waals surface area contributed by atoms with Crippen LogP contribution in [-0.2, 0) is 6.18 Å². The summed E-state index contributed by atoms with van der Waals surface area (Å²) < 4.78 is 38.9. The van der Waals surface area contributed by atoms with Crippen LogP contribution in [0.4, 0.5) is 24.7 Å². The quantitative estimate of drug-likeness (QED) is 0.837. The van der Waals surface area contributed by atoms with Gasteiger partial charge in [-0.3, -0.25) is 4.79 Å². The van der Waals surface area contributed by atoms with E-state index in [0.29, 0.717) is 12.4 Å². The zero-order chi connectivity index (χ0) is 18.4. The van der Waals surface area contributed by atoms with Gasteiger partial charge in [-0.2, -0.15) is 13.2 Å². The van der Waals surface area contributed by atoms with E-state index in [1.165, 1.54) is 30.5 Å². The summed E-state index contributed by atoms with van der Waals surface area (Å²) in [7, 11) is 3.89. The van der Waals surface area contributed by atoms with Gasteiger partial charge < -0.3 is 15.5 Å². The Labute approximate surface area is 143 Å². The number of carbonyl (C=O) groups excluding carboxylic acids is 1. The van der Waals surface area contributed by atoms with Gasteiger partial charge in [0.25, 0.3) is 5.91 Å². The highest BCUT2D eigenvalue weighted by Crippen LogP contribution is 2.34. The lowest BCUT2D eigenvalue weighted by molar-refractivity contribution is -0.136. The van der Waals surface area contributed by atoms with E-state index in [1.54, 1.807) is 6.07 Å². The molecule has 0 saturated heterocycles. The van der Waals surface area contributed by atoms with Crippen molar-refractivity contribution in [3.8, 4) is 0 Å². The van der Waals surface area contributed by atoms with E-state index >= 15 is 0 Å². The largest absolute Gasteiger partial charge is 0.418 e. The first-order valence-corrected chi connectivity index (χ1v) is 7.59. The predicted molar refractivity (Wildman–Crippen MR) is 90.7 cm³/mol. The fraction of sp³-hybridized carbons (Fsp3) is 0.294. The molecule has 5 nitrogen and oxygen atoms in total. The first-order chi connectivity index (χ1) is 11.8. The number of nitrogens with one attached hydrogen (secondary N) is 2. The van der Waals surface area contributed by atoms with Gasteiger partial charge in [-0.1, -0.05) is 12.1 Å². The van der Waals surface area contributed by atoms with E-state index in [-0.39, 0.29) is 11.3 Å². The minimum Gasteiger partial charge on any atom is -0.369 e. The van der Waals surface area contributed by atoms with Crippen molar-refractivity contribution >= 4 is 17.4 Å². The fourth-order valence-corrected chi connectivity index (χ4v) is 2.07. The molecule has 0 aliphatic rings. The Hall–Kier alpha value is -2.61. The van der Waals surface area contributed by atoms with Crippen molar-refractivity contribution in [2.75, 3.05) is 37.8 Å². The molecule has 134 valence electrons. The molecule has 1 heterocycles. The van der Waals surface area contributed by atoms with Crippen LogP contribution < -0.4 is 10.6 Å². The SMILES string of the molecule is CN(C)CCNc1ccc(C(=O)Nc2ccccc2C(F)(F)F)cn1. The predicted octanol–water partition coefficient (Wildman–Crippen LogP) is 3.33. The molecule has 0 atom stereocenters. The maximum atomic E-state index is 13.0. The van der Waals surface area contributed by atoms with Gasteiger partial charge in [0, 0.05) is 19.3 Å². The summed E-state index contributed by atoms with van der Waals surface area (Å²) in [5.74, 6) is -0.0573. The third kappa shape index (κ3) is 5.46. The van der Waals surface area contributed by atoms with Crippen molar-refractivity contribution in [3.05, 3.63) is 53.7 Å². The second-order valence-corrected chi connectivity index (χ2v) is 5.66. The highest BCUT2D eigenvalue weighted by Gasteiger charge is 2.33. The Morgan fingerprint density at radius 2 is 1.88 bits per heavy atom. The molecule has 2 N–H and O–H groups in total. The number of halogens is 3. The summed E-state index contributed by atoms with van der Waals surface area (Å²) in [6.07, 6.45) is -3.22. The molecule has 0 fully saturated rings. The molecule has 0 aliphatic carbocycles. The summed E-state index contributed by atoms with van der Waals surface area (Å²) in [4.78, 5) is 18.3. The van der Waals surface area contributed by atoms with Crippen LogP contribution in [0.3, 0.4) is 0 Å². The van der Waals surface area contributed by atoms with E-state index in [0.717, 1.165) is 12.6 Å². The molecule has 0 unspecified atom stereocenters. The minimum atomic E-state index is -4.54. The lowest BCUT2D eigenvalue weighted by Crippen LogP contribution is -2.21. The number of nitrogens with zero attached hydrogens (tertiary/aromatic N) is 2. The Morgan fingerprint density at radius 1 is 1.16 bits per heavy atom. The zero-order valence-corrected chi connectivity index (χ0v) is 13.9. The maximum absolute atomic E-state index is 13.0. The van der Waals surface area contributed by atoms with E-state index in [9.17, 15) is 18.0 Å². The number of anilines is 2. The molecule has 2 aromatic rings. The fourth-order valence-electron chi connectivity index (χ4n) is 2.07. The van der Waals surface area contributed by atoms with E-state index in [1.807, 2.05) is 19.0 Å². The van der Waals surface area contributed by atoms with E-state index in [2.05, 4.69) is 15.6 Å². The number of rotatable bonds is 6. The smallest absolute Gasteiger partial charge is 0.369 e. The van der Waals surface area contributed by atoms with Crippen molar-refractivity contribution in [1.82, 2.24) is 9.88 Å². The van der Waals surface area contributed by atoms with Crippen LogP contribution in [0.2, 0.25) is 0 Å². The molecule has 8 heteroatoms.